The van der Waals surface area contributed by atoms with Crippen molar-refractivity contribution in [3.8, 4) is 0 Å². The average Bonchev–Trinajstić information content (AvgIpc) is 2.66. The molecule has 0 aromatic heterocycles. The Bertz CT molecular complexity index is 568. The summed E-state index contributed by atoms with van der Waals surface area (Å²) >= 11 is 0. The fourth-order valence-corrected chi connectivity index (χ4v) is 4.68. The van der Waals surface area contributed by atoms with Gasteiger partial charge in [0.2, 0.25) is 0 Å². The number of cyclic esters (lactones) is 1. The molecule has 0 aromatic rings. The Hall–Kier alpha value is -0.770. The largest absolute Gasteiger partial charge is 0.459 e. The Morgan fingerprint density at radius 3 is 2.10 bits per heavy atom. The van der Waals surface area contributed by atoms with E-state index in [0.717, 1.165) is 0 Å². The first kappa shape index (κ1) is 27.3. The zero-order valence-electron chi connectivity index (χ0n) is 19.7. The van der Waals surface area contributed by atoms with Gasteiger partial charge in [-0.15, -0.1) is 0 Å². The van der Waals surface area contributed by atoms with Crippen LogP contribution in [-0.4, -0.2) is 91.7 Å². The lowest BCUT2D eigenvalue weighted by atomic mass is 9.78. The van der Waals surface area contributed by atoms with Crippen molar-refractivity contribution in [2.45, 2.75) is 103 Å². The monoisotopic (exact) mass is 433 g/mol. The number of hydrogen-bond acceptors (Lipinski definition) is 8. The minimum atomic E-state index is -1.71. The van der Waals surface area contributed by atoms with Crippen LogP contribution in [0.5, 0.6) is 0 Å². The van der Waals surface area contributed by atoms with E-state index in [9.17, 15) is 30.3 Å². The van der Waals surface area contributed by atoms with Gasteiger partial charge in [0, 0.05) is 18.5 Å². The first-order valence-electron chi connectivity index (χ1n) is 11.0. The summed E-state index contributed by atoms with van der Waals surface area (Å²) in [4.78, 5) is 14.6. The predicted octanol–water partition coefficient (Wildman–Crippen LogP) is 0.525. The lowest BCUT2D eigenvalue weighted by molar-refractivity contribution is -0.193. The molecule has 178 valence electrons. The molecular formula is C22H43NO7. The van der Waals surface area contributed by atoms with E-state index in [2.05, 4.69) is 0 Å². The van der Waals surface area contributed by atoms with Crippen molar-refractivity contribution in [3.63, 3.8) is 0 Å². The van der Waals surface area contributed by atoms with Crippen molar-refractivity contribution in [2.24, 2.45) is 17.8 Å². The van der Waals surface area contributed by atoms with E-state index in [0.29, 0.717) is 6.54 Å². The molecule has 0 amide bonds. The third kappa shape index (κ3) is 5.93. The van der Waals surface area contributed by atoms with E-state index in [4.69, 9.17) is 4.74 Å². The number of nitrogens with zero attached hydrogens (tertiary/aromatic N) is 1. The summed E-state index contributed by atoms with van der Waals surface area (Å²) in [6.45, 7) is 12.0. The summed E-state index contributed by atoms with van der Waals surface area (Å²) in [6.07, 6.45) is -4.16. The van der Waals surface area contributed by atoms with E-state index < -0.39 is 59.5 Å². The normalized spacial score (nSPS) is 48.5. The topological polar surface area (TPSA) is 131 Å². The standard InChI is InChI=1S/C22H43NO7/c1-9-16-22(7,29)19(26)15(5)23(8)11-12(2)10-21(6,28)18(25)13(3)17(24)14(4)20(27)30-16/h12-19,24-26,28-29H,9-11H2,1-8H3/t12-,13+,14-,15-,16?,17+,18-,19-,21-,22-/m1/s1. The number of rotatable bonds is 1. The molecular weight excluding hydrogens is 390 g/mol. The first-order chi connectivity index (χ1) is 13.6. The molecule has 0 aliphatic carbocycles. The van der Waals surface area contributed by atoms with Gasteiger partial charge in [-0.05, 0) is 53.5 Å². The highest BCUT2D eigenvalue weighted by atomic mass is 16.6. The highest BCUT2D eigenvalue weighted by Gasteiger charge is 2.47. The molecule has 8 heteroatoms. The molecule has 1 unspecified atom stereocenters. The third-order valence-corrected chi connectivity index (χ3v) is 6.95. The SMILES string of the molecule is CCC1OC(=O)[C@H](C)[C@@H](O)[C@H](C)[C@@H](O)[C@](C)(O)C[C@@H](C)CN(C)[C@H](C)[C@@H](O)[C@]1(C)O. The molecule has 0 aromatic carbocycles. The molecule has 10 atom stereocenters. The molecule has 5 N–H and O–H groups in total. The number of hydrogen-bond donors (Lipinski definition) is 5. The van der Waals surface area contributed by atoms with Crippen LogP contribution in [0.1, 0.15) is 61.3 Å². The van der Waals surface area contributed by atoms with E-state index >= 15 is 0 Å². The van der Waals surface area contributed by atoms with Crippen LogP contribution in [0.15, 0.2) is 0 Å². The molecule has 30 heavy (non-hydrogen) atoms. The van der Waals surface area contributed by atoms with Gasteiger partial charge in [0.25, 0.3) is 0 Å². The average molecular weight is 434 g/mol. The highest BCUT2D eigenvalue weighted by Crippen LogP contribution is 2.32. The Morgan fingerprint density at radius 1 is 1.07 bits per heavy atom. The second kappa shape index (κ2) is 10.2. The molecule has 1 rings (SSSR count). The van der Waals surface area contributed by atoms with Crippen LogP contribution in [0.3, 0.4) is 0 Å². The van der Waals surface area contributed by atoms with Gasteiger partial charge in [-0.1, -0.05) is 20.8 Å². The summed E-state index contributed by atoms with van der Waals surface area (Å²) in [5.41, 5.74) is -3.19. The summed E-state index contributed by atoms with van der Waals surface area (Å²) in [6, 6.07) is -0.461. The van der Waals surface area contributed by atoms with Crippen molar-refractivity contribution in [1.29, 1.82) is 0 Å². The van der Waals surface area contributed by atoms with E-state index in [-0.39, 0.29) is 18.8 Å². The molecule has 1 aliphatic rings. The summed E-state index contributed by atoms with van der Waals surface area (Å²) < 4.78 is 5.51. The van der Waals surface area contributed by atoms with Gasteiger partial charge >= 0.3 is 5.97 Å². The summed E-state index contributed by atoms with van der Waals surface area (Å²) in [5, 5.41) is 54.3. The fourth-order valence-electron chi connectivity index (χ4n) is 4.68. The van der Waals surface area contributed by atoms with E-state index in [1.807, 2.05) is 18.9 Å². The molecule has 1 fully saturated rings. The van der Waals surface area contributed by atoms with Gasteiger partial charge in [0.05, 0.1) is 23.7 Å². The van der Waals surface area contributed by atoms with Crippen LogP contribution in [0.4, 0.5) is 0 Å². The van der Waals surface area contributed by atoms with Gasteiger partial charge in [0.15, 0.2) is 0 Å². The third-order valence-electron chi connectivity index (χ3n) is 6.95. The highest BCUT2D eigenvalue weighted by molar-refractivity contribution is 5.73. The van der Waals surface area contributed by atoms with Gasteiger partial charge < -0.3 is 35.2 Å². The maximum absolute atomic E-state index is 12.7. The number of aliphatic hydroxyl groups is 5. The van der Waals surface area contributed by atoms with Crippen LogP contribution in [0, 0.1) is 17.8 Å². The van der Waals surface area contributed by atoms with Gasteiger partial charge in [-0.25, -0.2) is 0 Å². The van der Waals surface area contributed by atoms with Crippen molar-refractivity contribution in [3.05, 3.63) is 0 Å². The fraction of sp³-hybridized carbons (Fsp3) is 0.955. The number of carbonyl (C=O) groups excluding carboxylic acids is 1. The van der Waals surface area contributed by atoms with Crippen LogP contribution >= 0.6 is 0 Å². The number of likely N-dealkylation sites (N-methyl/N-ethyl adjacent to an activating group) is 1. The maximum atomic E-state index is 12.7. The molecule has 0 spiro atoms. The molecule has 1 saturated heterocycles. The molecule has 8 nitrogen and oxygen atoms in total. The molecule has 0 radical (unpaired) electrons. The molecule has 0 saturated carbocycles. The summed E-state index contributed by atoms with van der Waals surface area (Å²) in [7, 11) is 1.81. The smallest absolute Gasteiger partial charge is 0.311 e. The Labute approximate surface area is 180 Å². The van der Waals surface area contributed by atoms with E-state index in [1.54, 1.807) is 20.8 Å². The number of ether oxygens (including phenoxy) is 1. The zero-order valence-corrected chi connectivity index (χ0v) is 19.7. The molecule has 0 bridgehead atoms. The molecule has 1 aliphatic heterocycles. The molecule has 1 heterocycles. The minimum Gasteiger partial charge on any atom is -0.459 e. The predicted molar refractivity (Wildman–Crippen MR) is 114 cm³/mol. The number of carbonyl (C=O) groups is 1. The van der Waals surface area contributed by atoms with Crippen molar-refractivity contribution in [1.82, 2.24) is 4.90 Å². The Balaban J connectivity index is 3.36. The quantitative estimate of drug-likeness (QED) is 0.379. The lowest BCUT2D eigenvalue weighted by Gasteiger charge is -2.42. The van der Waals surface area contributed by atoms with Gasteiger partial charge in [-0.2, -0.15) is 0 Å². The van der Waals surface area contributed by atoms with Gasteiger partial charge in [0.1, 0.15) is 17.8 Å². The second-order valence-electron chi connectivity index (χ2n) is 9.93. The van der Waals surface area contributed by atoms with Crippen molar-refractivity contribution >= 4 is 5.97 Å². The van der Waals surface area contributed by atoms with Crippen LogP contribution < -0.4 is 0 Å². The van der Waals surface area contributed by atoms with Crippen LogP contribution in [0.25, 0.3) is 0 Å². The van der Waals surface area contributed by atoms with Crippen molar-refractivity contribution < 1.29 is 35.1 Å². The van der Waals surface area contributed by atoms with Crippen molar-refractivity contribution in [2.75, 3.05) is 13.6 Å². The maximum Gasteiger partial charge on any atom is 0.311 e. The minimum absolute atomic E-state index is 0.0500. The number of aliphatic hydroxyl groups excluding tert-OH is 3. The van der Waals surface area contributed by atoms with Gasteiger partial charge in [-0.3, -0.25) is 4.79 Å². The Morgan fingerprint density at radius 2 is 1.60 bits per heavy atom. The second-order valence-corrected chi connectivity index (χ2v) is 9.93. The summed E-state index contributed by atoms with van der Waals surface area (Å²) in [5.74, 6) is -2.56. The van der Waals surface area contributed by atoms with E-state index in [1.165, 1.54) is 20.8 Å². The Kier molecular flexibility index (Phi) is 9.30. The van der Waals surface area contributed by atoms with Crippen LogP contribution in [-0.2, 0) is 9.53 Å². The first-order valence-corrected chi connectivity index (χ1v) is 11.0. The number of esters is 1. The zero-order chi connectivity index (χ0) is 23.6. The lowest BCUT2D eigenvalue weighted by Crippen LogP contribution is -2.59. The van der Waals surface area contributed by atoms with Crippen LogP contribution in [0.2, 0.25) is 0 Å².